The fraction of sp³-hybridized carbons (Fsp3) is 0.200. The van der Waals surface area contributed by atoms with E-state index in [9.17, 15) is 8.78 Å². The number of hydrogen-bond acceptors (Lipinski definition) is 2. The second-order valence-electron chi connectivity index (χ2n) is 4.32. The Balaban J connectivity index is 2.29. The Morgan fingerprint density at radius 2 is 1.84 bits per heavy atom. The number of hydrogen-bond donors (Lipinski definition) is 1. The molecular weight excluding hydrogens is 264 g/mol. The van der Waals surface area contributed by atoms with Gasteiger partial charge in [-0.2, -0.15) is 0 Å². The minimum atomic E-state index is -0.816. The number of rotatable bonds is 4. The van der Waals surface area contributed by atoms with Gasteiger partial charge in [-0.3, -0.25) is 0 Å². The van der Waals surface area contributed by atoms with E-state index in [1.165, 1.54) is 23.4 Å². The molecule has 0 heterocycles. The van der Waals surface area contributed by atoms with Gasteiger partial charge in [0.1, 0.15) is 0 Å². The van der Waals surface area contributed by atoms with Crippen LogP contribution in [0.5, 0.6) is 0 Å². The first-order valence-electron chi connectivity index (χ1n) is 5.97. The Bertz CT molecular complexity index is 584. The molecule has 0 atom stereocenters. The molecule has 1 N–H and O–H groups in total. The molecule has 0 radical (unpaired) electrons. The zero-order chi connectivity index (χ0) is 13.8. The Labute approximate surface area is 116 Å². The van der Waals surface area contributed by atoms with Crippen molar-refractivity contribution in [3.63, 3.8) is 0 Å². The molecular formula is C15H15F2NS. The van der Waals surface area contributed by atoms with E-state index in [0.29, 0.717) is 4.90 Å². The van der Waals surface area contributed by atoms with Crippen LogP contribution in [-0.4, -0.2) is 7.05 Å². The summed E-state index contributed by atoms with van der Waals surface area (Å²) in [6.45, 7) is 2.78. The molecule has 0 fully saturated rings. The van der Waals surface area contributed by atoms with Gasteiger partial charge < -0.3 is 5.32 Å². The maximum Gasteiger partial charge on any atom is 0.159 e. The van der Waals surface area contributed by atoms with E-state index in [-0.39, 0.29) is 0 Å². The highest BCUT2D eigenvalue weighted by molar-refractivity contribution is 7.99. The van der Waals surface area contributed by atoms with Gasteiger partial charge in [-0.25, -0.2) is 8.78 Å². The smallest absolute Gasteiger partial charge is 0.159 e. The summed E-state index contributed by atoms with van der Waals surface area (Å²) in [6.07, 6.45) is 0. The van der Waals surface area contributed by atoms with Gasteiger partial charge in [0, 0.05) is 16.3 Å². The highest BCUT2D eigenvalue weighted by atomic mass is 32.2. The van der Waals surface area contributed by atoms with Gasteiger partial charge in [0.15, 0.2) is 11.6 Å². The van der Waals surface area contributed by atoms with Crippen LogP contribution in [0.2, 0.25) is 0 Å². The van der Waals surface area contributed by atoms with Gasteiger partial charge in [0.2, 0.25) is 0 Å². The van der Waals surface area contributed by atoms with E-state index in [4.69, 9.17) is 0 Å². The van der Waals surface area contributed by atoms with Crippen molar-refractivity contribution in [1.29, 1.82) is 0 Å². The fourth-order valence-corrected chi connectivity index (χ4v) is 2.75. The van der Waals surface area contributed by atoms with Crippen molar-refractivity contribution in [3.8, 4) is 0 Å². The van der Waals surface area contributed by atoms with E-state index in [1.54, 1.807) is 6.07 Å². The van der Waals surface area contributed by atoms with Crippen molar-refractivity contribution in [1.82, 2.24) is 5.32 Å². The molecule has 0 aliphatic heterocycles. The fourth-order valence-electron chi connectivity index (χ4n) is 1.80. The molecule has 0 bridgehead atoms. The summed E-state index contributed by atoms with van der Waals surface area (Å²) >= 11 is 1.44. The van der Waals surface area contributed by atoms with Crippen LogP contribution < -0.4 is 5.32 Å². The lowest BCUT2D eigenvalue weighted by Gasteiger charge is -2.10. The standard InChI is InChI=1S/C15H15F2NS/c1-10-3-6-15(11(7-10)9-18-2)19-12-4-5-13(16)14(17)8-12/h3-8,18H,9H2,1-2H3. The van der Waals surface area contributed by atoms with Gasteiger partial charge in [-0.15, -0.1) is 0 Å². The van der Waals surface area contributed by atoms with Crippen LogP contribution >= 0.6 is 11.8 Å². The SMILES string of the molecule is CNCc1cc(C)ccc1Sc1ccc(F)c(F)c1. The Hall–Kier alpha value is -1.39. The molecule has 0 aromatic heterocycles. The van der Waals surface area contributed by atoms with E-state index in [1.807, 2.05) is 26.1 Å². The molecule has 2 aromatic rings. The van der Waals surface area contributed by atoms with Crippen LogP contribution in [0, 0.1) is 18.6 Å². The summed E-state index contributed by atoms with van der Waals surface area (Å²) < 4.78 is 26.1. The van der Waals surface area contributed by atoms with Crippen LogP contribution in [-0.2, 0) is 6.54 Å². The predicted octanol–water partition coefficient (Wildman–Crippen LogP) is 4.14. The number of nitrogens with one attached hydrogen (secondary N) is 1. The predicted molar refractivity (Wildman–Crippen MR) is 74.4 cm³/mol. The summed E-state index contributed by atoms with van der Waals surface area (Å²) in [5.41, 5.74) is 2.33. The van der Waals surface area contributed by atoms with Crippen molar-refractivity contribution in [3.05, 3.63) is 59.2 Å². The lowest BCUT2D eigenvalue weighted by atomic mass is 10.1. The zero-order valence-electron chi connectivity index (χ0n) is 10.8. The molecule has 0 unspecified atom stereocenters. The molecule has 0 saturated carbocycles. The first-order valence-corrected chi connectivity index (χ1v) is 6.79. The Morgan fingerprint density at radius 3 is 2.53 bits per heavy atom. The van der Waals surface area contributed by atoms with Gasteiger partial charge in [-0.05, 0) is 43.8 Å². The maximum absolute atomic E-state index is 13.2. The van der Waals surface area contributed by atoms with Crippen molar-refractivity contribution in [2.75, 3.05) is 7.05 Å². The summed E-state index contributed by atoms with van der Waals surface area (Å²) in [5, 5.41) is 3.11. The van der Waals surface area contributed by atoms with Crippen molar-refractivity contribution >= 4 is 11.8 Å². The first-order chi connectivity index (χ1) is 9.10. The third kappa shape index (κ3) is 3.55. The largest absolute Gasteiger partial charge is 0.316 e. The third-order valence-electron chi connectivity index (χ3n) is 2.70. The highest BCUT2D eigenvalue weighted by Crippen LogP contribution is 2.31. The lowest BCUT2D eigenvalue weighted by molar-refractivity contribution is 0.506. The van der Waals surface area contributed by atoms with E-state index >= 15 is 0 Å². The number of benzene rings is 2. The topological polar surface area (TPSA) is 12.0 Å². The summed E-state index contributed by atoms with van der Waals surface area (Å²) in [5.74, 6) is -1.63. The van der Waals surface area contributed by atoms with Crippen molar-refractivity contribution in [2.45, 2.75) is 23.3 Å². The van der Waals surface area contributed by atoms with Crippen LogP contribution in [0.25, 0.3) is 0 Å². The number of halogens is 2. The molecule has 0 spiro atoms. The molecule has 0 aliphatic carbocycles. The summed E-state index contributed by atoms with van der Waals surface area (Å²) in [6, 6.07) is 10.1. The molecule has 100 valence electrons. The van der Waals surface area contributed by atoms with Crippen LogP contribution in [0.1, 0.15) is 11.1 Å². The van der Waals surface area contributed by atoms with Crippen LogP contribution in [0.4, 0.5) is 8.78 Å². The average molecular weight is 279 g/mol. The molecule has 0 aliphatic rings. The minimum Gasteiger partial charge on any atom is -0.316 e. The molecule has 2 rings (SSSR count). The van der Waals surface area contributed by atoms with Crippen LogP contribution in [0.3, 0.4) is 0 Å². The Morgan fingerprint density at radius 1 is 1.05 bits per heavy atom. The molecule has 4 heteroatoms. The summed E-state index contributed by atoms with van der Waals surface area (Å²) in [4.78, 5) is 1.74. The first kappa shape index (κ1) is 14.0. The molecule has 1 nitrogen and oxygen atoms in total. The van der Waals surface area contributed by atoms with Gasteiger partial charge >= 0.3 is 0 Å². The average Bonchev–Trinajstić information content (AvgIpc) is 2.37. The molecule has 2 aromatic carbocycles. The van der Waals surface area contributed by atoms with Gasteiger partial charge in [-0.1, -0.05) is 29.5 Å². The second-order valence-corrected chi connectivity index (χ2v) is 5.43. The van der Waals surface area contributed by atoms with E-state index < -0.39 is 11.6 Å². The number of aryl methyl sites for hydroxylation is 1. The molecule has 0 saturated heterocycles. The molecule has 19 heavy (non-hydrogen) atoms. The van der Waals surface area contributed by atoms with Gasteiger partial charge in [0.25, 0.3) is 0 Å². The lowest BCUT2D eigenvalue weighted by Crippen LogP contribution is -2.06. The molecule has 0 amide bonds. The van der Waals surface area contributed by atoms with Crippen molar-refractivity contribution < 1.29 is 8.78 Å². The maximum atomic E-state index is 13.2. The summed E-state index contributed by atoms with van der Waals surface area (Å²) in [7, 11) is 1.88. The zero-order valence-corrected chi connectivity index (χ0v) is 11.7. The second kappa shape index (κ2) is 6.17. The van der Waals surface area contributed by atoms with E-state index in [2.05, 4.69) is 11.4 Å². The van der Waals surface area contributed by atoms with Crippen LogP contribution in [0.15, 0.2) is 46.2 Å². The van der Waals surface area contributed by atoms with Crippen molar-refractivity contribution in [2.24, 2.45) is 0 Å². The highest BCUT2D eigenvalue weighted by Gasteiger charge is 2.07. The minimum absolute atomic E-state index is 0.695. The monoisotopic (exact) mass is 279 g/mol. The quantitative estimate of drug-likeness (QED) is 0.902. The Kier molecular flexibility index (Phi) is 4.56. The third-order valence-corrected chi connectivity index (χ3v) is 3.81. The van der Waals surface area contributed by atoms with Gasteiger partial charge in [0.05, 0.1) is 0 Å². The van der Waals surface area contributed by atoms with E-state index in [0.717, 1.165) is 23.1 Å². The normalized spacial score (nSPS) is 10.7.